The topological polar surface area (TPSA) is 72.0 Å². The van der Waals surface area contributed by atoms with E-state index in [1.54, 1.807) is 7.11 Å². The molecule has 0 amide bonds. The number of ether oxygens (including phenoxy) is 2. The largest absolute Gasteiger partial charge is 0.463 e. The summed E-state index contributed by atoms with van der Waals surface area (Å²) in [6.45, 7) is 8.37. The predicted octanol–water partition coefficient (Wildman–Crippen LogP) is 1.54. The van der Waals surface area contributed by atoms with Gasteiger partial charge in [0.2, 0.25) is 0 Å². The predicted molar refractivity (Wildman–Crippen MR) is 91.7 cm³/mol. The van der Waals surface area contributed by atoms with Gasteiger partial charge in [-0.25, -0.2) is 0 Å². The van der Waals surface area contributed by atoms with Crippen LogP contribution < -0.4 is 10.6 Å². The number of carbonyl (C=O) groups is 1. The zero-order valence-electron chi connectivity index (χ0n) is 12.9. The van der Waals surface area contributed by atoms with Crippen molar-refractivity contribution in [2.24, 2.45) is 4.99 Å². The van der Waals surface area contributed by atoms with Crippen LogP contribution in [0.15, 0.2) is 4.99 Å². The lowest BCUT2D eigenvalue weighted by atomic mass is 10.4. The number of methoxy groups -OCH3 is 1. The van der Waals surface area contributed by atoms with Gasteiger partial charge in [-0.15, -0.1) is 24.0 Å². The van der Waals surface area contributed by atoms with Gasteiger partial charge in [0.1, 0.15) is 0 Å². The van der Waals surface area contributed by atoms with Crippen LogP contribution in [0.2, 0.25) is 0 Å². The molecule has 0 atom stereocenters. The standard InChI is InChI=1S/C13H27N3O3.HI/c1-5-14-13(15-8-6-10-18-4)16-9-7-12(17)19-11(2)3;/h11H,5-10H2,1-4H3,(H2,14,15,16);1H. The summed E-state index contributed by atoms with van der Waals surface area (Å²) >= 11 is 0. The number of hydrogen-bond donors (Lipinski definition) is 2. The van der Waals surface area contributed by atoms with Gasteiger partial charge in [0.15, 0.2) is 5.96 Å². The van der Waals surface area contributed by atoms with E-state index in [0.29, 0.717) is 26.1 Å². The van der Waals surface area contributed by atoms with Crippen LogP contribution in [0.1, 0.15) is 33.6 Å². The number of hydrogen-bond acceptors (Lipinski definition) is 4. The highest BCUT2D eigenvalue weighted by molar-refractivity contribution is 14.0. The molecule has 0 unspecified atom stereocenters. The molecule has 0 aliphatic carbocycles. The average molecular weight is 401 g/mol. The van der Waals surface area contributed by atoms with E-state index in [0.717, 1.165) is 18.9 Å². The lowest BCUT2D eigenvalue weighted by molar-refractivity contribution is -0.147. The minimum Gasteiger partial charge on any atom is -0.463 e. The molecule has 20 heavy (non-hydrogen) atoms. The third-order valence-electron chi connectivity index (χ3n) is 2.11. The van der Waals surface area contributed by atoms with Gasteiger partial charge >= 0.3 is 5.97 Å². The summed E-state index contributed by atoms with van der Waals surface area (Å²) in [4.78, 5) is 15.7. The maximum atomic E-state index is 11.4. The molecule has 0 saturated carbocycles. The fourth-order valence-electron chi connectivity index (χ4n) is 1.35. The van der Waals surface area contributed by atoms with Crippen LogP contribution in [0.3, 0.4) is 0 Å². The molecule has 0 aromatic rings. The molecule has 0 aromatic heterocycles. The van der Waals surface area contributed by atoms with Gasteiger partial charge in [-0.2, -0.15) is 0 Å². The number of esters is 1. The van der Waals surface area contributed by atoms with Crippen molar-refractivity contribution >= 4 is 35.9 Å². The molecule has 0 radical (unpaired) electrons. The van der Waals surface area contributed by atoms with Gasteiger partial charge < -0.3 is 20.1 Å². The molecule has 2 N–H and O–H groups in total. The van der Waals surface area contributed by atoms with Gasteiger partial charge in [0.25, 0.3) is 0 Å². The van der Waals surface area contributed by atoms with Gasteiger partial charge in [0.05, 0.1) is 12.5 Å². The van der Waals surface area contributed by atoms with E-state index < -0.39 is 0 Å². The summed E-state index contributed by atoms with van der Waals surface area (Å²) in [7, 11) is 1.67. The van der Waals surface area contributed by atoms with Gasteiger partial charge in [-0.05, 0) is 27.2 Å². The number of rotatable bonds is 9. The molecule has 0 aromatic carbocycles. The molecular formula is C13H28IN3O3. The Kier molecular flexibility index (Phi) is 16.1. The van der Waals surface area contributed by atoms with Crippen molar-refractivity contribution in [1.29, 1.82) is 0 Å². The van der Waals surface area contributed by atoms with Gasteiger partial charge in [-0.3, -0.25) is 9.79 Å². The minimum atomic E-state index is -0.197. The molecule has 6 nitrogen and oxygen atoms in total. The van der Waals surface area contributed by atoms with E-state index in [2.05, 4.69) is 15.6 Å². The molecule has 0 saturated heterocycles. The zero-order chi connectivity index (χ0) is 14.5. The lowest BCUT2D eigenvalue weighted by Crippen LogP contribution is -2.38. The molecule has 0 bridgehead atoms. The Bertz CT molecular complexity index is 274. The Morgan fingerprint density at radius 3 is 2.55 bits per heavy atom. The molecule has 0 aliphatic rings. The lowest BCUT2D eigenvalue weighted by Gasteiger charge is -2.12. The van der Waals surface area contributed by atoms with E-state index in [4.69, 9.17) is 9.47 Å². The molecule has 0 aliphatic heterocycles. The molecule has 0 rings (SSSR count). The second-order valence-corrected chi connectivity index (χ2v) is 4.32. The van der Waals surface area contributed by atoms with Crippen LogP contribution in [-0.4, -0.2) is 51.4 Å². The SMILES string of the molecule is CCNC(=NCCCOC)NCCC(=O)OC(C)C.I. The van der Waals surface area contributed by atoms with Crippen LogP contribution >= 0.6 is 24.0 Å². The Morgan fingerprint density at radius 1 is 1.30 bits per heavy atom. The van der Waals surface area contributed by atoms with E-state index >= 15 is 0 Å². The summed E-state index contributed by atoms with van der Waals surface area (Å²) in [6, 6.07) is 0. The Labute approximate surface area is 139 Å². The molecule has 0 spiro atoms. The van der Waals surface area contributed by atoms with Crippen molar-refractivity contribution in [2.75, 3.05) is 33.4 Å². The van der Waals surface area contributed by atoms with Crippen molar-refractivity contribution in [2.45, 2.75) is 39.7 Å². The van der Waals surface area contributed by atoms with Crippen molar-refractivity contribution < 1.29 is 14.3 Å². The van der Waals surface area contributed by atoms with Crippen molar-refractivity contribution in [3.8, 4) is 0 Å². The smallest absolute Gasteiger partial charge is 0.307 e. The van der Waals surface area contributed by atoms with E-state index in [-0.39, 0.29) is 36.0 Å². The maximum Gasteiger partial charge on any atom is 0.307 e. The number of aliphatic imine (C=N–C) groups is 1. The fourth-order valence-corrected chi connectivity index (χ4v) is 1.35. The second kappa shape index (κ2) is 14.8. The quantitative estimate of drug-likeness (QED) is 0.202. The van der Waals surface area contributed by atoms with E-state index in [9.17, 15) is 4.79 Å². The Balaban J connectivity index is 0. The first-order valence-electron chi connectivity index (χ1n) is 6.80. The van der Waals surface area contributed by atoms with Crippen LogP contribution in [0.5, 0.6) is 0 Å². The highest BCUT2D eigenvalue weighted by Crippen LogP contribution is 1.92. The first kappa shape index (κ1) is 21.7. The monoisotopic (exact) mass is 401 g/mol. The first-order chi connectivity index (χ1) is 9.10. The Morgan fingerprint density at radius 2 is 2.00 bits per heavy atom. The summed E-state index contributed by atoms with van der Waals surface area (Å²) in [5.74, 6) is 0.522. The molecule has 0 fully saturated rings. The summed E-state index contributed by atoms with van der Waals surface area (Å²) in [5.41, 5.74) is 0. The average Bonchev–Trinajstić information content (AvgIpc) is 2.33. The third kappa shape index (κ3) is 13.9. The third-order valence-corrected chi connectivity index (χ3v) is 2.11. The molecular weight excluding hydrogens is 373 g/mol. The van der Waals surface area contributed by atoms with Crippen LogP contribution in [0, 0.1) is 0 Å². The Hall–Kier alpha value is -0.570. The first-order valence-corrected chi connectivity index (χ1v) is 6.80. The van der Waals surface area contributed by atoms with Crippen LogP contribution in [-0.2, 0) is 14.3 Å². The number of carbonyl (C=O) groups excluding carboxylic acids is 1. The van der Waals surface area contributed by atoms with Crippen LogP contribution in [0.25, 0.3) is 0 Å². The summed E-state index contributed by atoms with van der Waals surface area (Å²) in [5, 5.41) is 6.22. The van der Waals surface area contributed by atoms with Crippen molar-refractivity contribution in [1.82, 2.24) is 10.6 Å². The fraction of sp³-hybridized carbons (Fsp3) is 0.846. The van der Waals surface area contributed by atoms with E-state index in [1.165, 1.54) is 0 Å². The summed E-state index contributed by atoms with van der Waals surface area (Å²) in [6.07, 6.45) is 1.15. The molecule has 7 heteroatoms. The minimum absolute atomic E-state index is 0. The molecule has 0 heterocycles. The molecule has 120 valence electrons. The highest BCUT2D eigenvalue weighted by atomic mass is 127. The zero-order valence-corrected chi connectivity index (χ0v) is 15.2. The van der Waals surface area contributed by atoms with Crippen molar-refractivity contribution in [3.05, 3.63) is 0 Å². The number of nitrogens with zero attached hydrogens (tertiary/aromatic N) is 1. The second-order valence-electron chi connectivity index (χ2n) is 4.32. The van der Waals surface area contributed by atoms with Crippen molar-refractivity contribution in [3.63, 3.8) is 0 Å². The number of halogens is 1. The van der Waals surface area contributed by atoms with Gasteiger partial charge in [-0.1, -0.05) is 0 Å². The van der Waals surface area contributed by atoms with Crippen LogP contribution in [0.4, 0.5) is 0 Å². The van der Waals surface area contributed by atoms with Gasteiger partial charge in [0, 0.05) is 33.4 Å². The normalized spacial score (nSPS) is 10.9. The number of nitrogens with one attached hydrogen (secondary N) is 2. The maximum absolute atomic E-state index is 11.4. The van der Waals surface area contributed by atoms with E-state index in [1.807, 2.05) is 20.8 Å². The highest BCUT2D eigenvalue weighted by Gasteiger charge is 2.05. The summed E-state index contributed by atoms with van der Waals surface area (Å²) < 4.78 is 10.0. The number of guanidine groups is 1.